The van der Waals surface area contributed by atoms with Gasteiger partial charge in [-0.2, -0.15) is 0 Å². The fourth-order valence-electron chi connectivity index (χ4n) is 4.69. The summed E-state index contributed by atoms with van der Waals surface area (Å²) in [5.41, 5.74) is 5.40. The smallest absolute Gasteiger partial charge is 0.220 e. The molecule has 208 valence electrons. The number of nitrogens with zero attached hydrogens (tertiary/aromatic N) is 3. The Balaban J connectivity index is 1.25. The zero-order chi connectivity index (χ0) is 28.4. The number of thioether (sulfide) groups is 1. The molecule has 0 aliphatic heterocycles. The van der Waals surface area contributed by atoms with Crippen LogP contribution in [0.3, 0.4) is 0 Å². The van der Waals surface area contributed by atoms with Crippen molar-refractivity contribution in [2.24, 2.45) is 0 Å². The normalized spacial score (nSPS) is 11.7. The molecule has 1 aromatic heterocycles. The van der Waals surface area contributed by atoms with Crippen molar-refractivity contribution in [3.63, 3.8) is 0 Å². The lowest BCUT2D eigenvalue weighted by molar-refractivity contribution is -0.121. The van der Waals surface area contributed by atoms with Crippen molar-refractivity contribution < 1.29 is 9.53 Å². The summed E-state index contributed by atoms with van der Waals surface area (Å²) in [6.45, 7) is 2.07. The molecule has 0 aliphatic rings. The monoisotopic (exact) mass is 562 g/mol. The van der Waals surface area contributed by atoms with Crippen LogP contribution >= 0.6 is 11.8 Å². The summed E-state index contributed by atoms with van der Waals surface area (Å²) in [6, 6.07) is 36.5. The van der Waals surface area contributed by atoms with Crippen LogP contribution in [0.1, 0.15) is 35.6 Å². The number of aryl methyl sites for hydroxylation is 1. The molecule has 1 atom stereocenters. The Kier molecular flexibility index (Phi) is 9.49. The molecule has 0 saturated heterocycles. The fourth-order valence-corrected chi connectivity index (χ4v) is 5.58. The zero-order valence-electron chi connectivity index (χ0n) is 23.4. The standard InChI is InChI=1S/C34H34N4O2S/c1-25-18-20-29(21-19-25)38-33(28-15-9-16-30(24-28)40-2)36-37-34(38)41-22-10-17-32(39)35-31(27-13-7-4-8-14-27)23-26-11-5-3-6-12-26/h3-9,11-16,18-21,24,31H,10,17,22-23H2,1-2H3,(H,35,39). The number of amides is 1. The quantitative estimate of drug-likeness (QED) is 0.128. The summed E-state index contributed by atoms with van der Waals surface area (Å²) in [6.07, 6.45) is 1.91. The van der Waals surface area contributed by atoms with Gasteiger partial charge in [0, 0.05) is 23.4 Å². The van der Waals surface area contributed by atoms with Crippen molar-refractivity contribution in [2.75, 3.05) is 12.9 Å². The van der Waals surface area contributed by atoms with Crippen LogP contribution in [0.25, 0.3) is 17.1 Å². The highest BCUT2D eigenvalue weighted by Crippen LogP contribution is 2.30. The molecule has 1 unspecified atom stereocenters. The number of aromatic nitrogens is 3. The molecule has 0 fully saturated rings. The van der Waals surface area contributed by atoms with Crippen LogP contribution in [0.4, 0.5) is 0 Å². The van der Waals surface area contributed by atoms with Crippen molar-refractivity contribution in [1.82, 2.24) is 20.1 Å². The number of carbonyl (C=O) groups excluding carboxylic acids is 1. The topological polar surface area (TPSA) is 69.0 Å². The zero-order valence-corrected chi connectivity index (χ0v) is 24.2. The third kappa shape index (κ3) is 7.44. The van der Waals surface area contributed by atoms with E-state index in [9.17, 15) is 4.79 Å². The lowest BCUT2D eigenvalue weighted by atomic mass is 9.98. The molecule has 0 spiro atoms. The third-order valence-electron chi connectivity index (χ3n) is 6.85. The van der Waals surface area contributed by atoms with E-state index in [1.54, 1.807) is 18.9 Å². The summed E-state index contributed by atoms with van der Waals surface area (Å²) in [4.78, 5) is 13.0. The minimum Gasteiger partial charge on any atom is -0.497 e. The van der Waals surface area contributed by atoms with Gasteiger partial charge >= 0.3 is 0 Å². The highest BCUT2D eigenvalue weighted by molar-refractivity contribution is 7.99. The van der Waals surface area contributed by atoms with Gasteiger partial charge < -0.3 is 10.1 Å². The Bertz CT molecular complexity index is 1550. The van der Waals surface area contributed by atoms with Crippen LogP contribution in [0.15, 0.2) is 114 Å². The van der Waals surface area contributed by atoms with Gasteiger partial charge in [0.25, 0.3) is 0 Å². The minimum absolute atomic E-state index is 0.0486. The second kappa shape index (κ2) is 13.8. The molecule has 4 aromatic carbocycles. The number of ether oxygens (including phenoxy) is 1. The van der Waals surface area contributed by atoms with E-state index in [0.29, 0.717) is 6.42 Å². The Labute approximate surface area is 245 Å². The highest BCUT2D eigenvalue weighted by Gasteiger charge is 2.18. The van der Waals surface area contributed by atoms with Crippen LogP contribution in [0.2, 0.25) is 0 Å². The molecule has 1 amide bonds. The Morgan fingerprint density at radius 2 is 1.63 bits per heavy atom. The lowest BCUT2D eigenvalue weighted by Gasteiger charge is -2.19. The van der Waals surface area contributed by atoms with E-state index in [2.05, 4.69) is 75.5 Å². The first-order valence-electron chi connectivity index (χ1n) is 13.8. The molecule has 1 N–H and O–H groups in total. The molecule has 1 heterocycles. The van der Waals surface area contributed by atoms with Crippen molar-refractivity contribution in [2.45, 2.75) is 37.4 Å². The van der Waals surface area contributed by atoms with E-state index >= 15 is 0 Å². The van der Waals surface area contributed by atoms with Gasteiger partial charge in [0.15, 0.2) is 11.0 Å². The van der Waals surface area contributed by atoms with E-state index in [1.807, 2.05) is 60.7 Å². The first-order chi connectivity index (χ1) is 20.1. The second-order valence-electron chi connectivity index (χ2n) is 9.88. The summed E-state index contributed by atoms with van der Waals surface area (Å²) in [7, 11) is 1.66. The first-order valence-corrected chi connectivity index (χ1v) is 14.8. The average molecular weight is 563 g/mol. The number of methoxy groups -OCH3 is 1. The second-order valence-corrected chi connectivity index (χ2v) is 10.9. The average Bonchev–Trinajstić information content (AvgIpc) is 3.44. The van der Waals surface area contributed by atoms with Gasteiger partial charge in [-0.15, -0.1) is 10.2 Å². The highest BCUT2D eigenvalue weighted by atomic mass is 32.2. The molecular weight excluding hydrogens is 528 g/mol. The first kappa shape index (κ1) is 28.2. The van der Waals surface area contributed by atoms with Crippen molar-refractivity contribution >= 4 is 17.7 Å². The van der Waals surface area contributed by atoms with Crippen LogP contribution in [-0.2, 0) is 11.2 Å². The largest absolute Gasteiger partial charge is 0.497 e. The molecule has 5 aromatic rings. The van der Waals surface area contributed by atoms with Crippen molar-refractivity contribution in [3.05, 3.63) is 126 Å². The molecule has 0 bridgehead atoms. The van der Waals surface area contributed by atoms with E-state index < -0.39 is 0 Å². The summed E-state index contributed by atoms with van der Waals surface area (Å²) < 4.78 is 7.51. The molecule has 41 heavy (non-hydrogen) atoms. The van der Waals surface area contributed by atoms with Crippen LogP contribution in [0.5, 0.6) is 5.75 Å². The van der Waals surface area contributed by atoms with E-state index in [1.165, 1.54) is 11.1 Å². The number of benzene rings is 4. The predicted octanol–water partition coefficient (Wildman–Crippen LogP) is 7.22. The summed E-state index contributed by atoms with van der Waals surface area (Å²) in [5, 5.41) is 13.1. The predicted molar refractivity (Wildman–Crippen MR) is 166 cm³/mol. The van der Waals surface area contributed by atoms with Gasteiger partial charge in [0.05, 0.1) is 13.2 Å². The van der Waals surface area contributed by atoms with Gasteiger partial charge in [-0.3, -0.25) is 9.36 Å². The Morgan fingerprint density at radius 3 is 2.37 bits per heavy atom. The maximum atomic E-state index is 13.0. The van der Waals surface area contributed by atoms with E-state index in [-0.39, 0.29) is 11.9 Å². The van der Waals surface area contributed by atoms with E-state index in [0.717, 1.165) is 52.1 Å². The van der Waals surface area contributed by atoms with Crippen LogP contribution < -0.4 is 10.1 Å². The number of hydrogen-bond donors (Lipinski definition) is 1. The number of nitrogens with one attached hydrogen (secondary N) is 1. The summed E-state index contributed by atoms with van der Waals surface area (Å²) in [5.74, 6) is 2.30. The van der Waals surface area contributed by atoms with Gasteiger partial charge in [-0.25, -0.2) is 0 Å². The van der Waals surface area contributed by atoms with Crippen molar-refractivity contribution in [3.8, 4) is 22.8 Å². The fraction of sp³-hybridized carbons (Fsp3) is 0.206. The molecule has 0 aliphatic carbocycles. The SMILES string of the molecule is COc1cccc(-c2nnc(SCCCC(=O)NC(Cc3ccccc3)c3ccccc3)n2-c2ccc(C)cc2)c1. The van der Waals surface area contributed by atoms with Gasteiger partial charge in [-0.05, 0) is 55.2 Å². The lowest BCUT2D eigenvalue weighted by Crippen LogP contribution is -2.29. The number of carbonyl (C=O) groups is 1. The number of hydrogen-bond acceptors (Lipinski definition) is 5. The van der Waals surface area contributed by atoms with Crippen LogP contribution in [0, 0.1) is 6.92 Å². The maximum Gasteiger partial charge on any atom is 0.220 e. The molecular formula is C34H34N4O2S. The maximum absolute atomic E-state index is 13.0. The van der Waals surface area contributed by atoms with Crippen molar-refractivity contribution in [1.29, 1.82) is 0 Å². The van der Waals surface area contributed by atoms with E-state index in [4.69, 9.17) is 4.74 Å². The van der Waals surface area contributed by atoms with Gasteiger partial charge in [0.1, 0.15) is 5.75 Å². The molecule has 7 heteroatoms. The molecule has 6 nitrogen and oxygen atoms in total. The van der Waals surface area contributed by atoms with Crippen LogP contribution in [-0.4, -0.2) is 33.5 Å². The van der Waals surface area contributed by atoms with Gasteiger partial charge in [0.2, 0.25) is 5.91 Å². The third-order valence-corrected chi connectivity index (χ3v) is 7.87. The number of rotatable bonds is 12. The minimum atomic E-state index is -0.0752. The molecule has 5 rings (SSSR count). The summed E-state index contributed by atoms with van der Waals surface area (Å²) >= 11 is 1.61. The Hall–Kier alpha value is -4.36. The Morgan fingerprint density at radius 1 is 0.902 bits per heavy atom. The molecule has 0 radical (unpaired) electrons. The van der Waals surface area contributed by atoms with Gasteiger partial charge in [-0.1, -0.05) is 102 Å². The molecule has 0 saturated carbocycles.